The third-order valence-corrected chi connectivity index (χ3v) is 5.56. The van der Waals surface area contributed by atoms with Gasteiger partial charge in [-0.15, -0.1) is 0 Å². The molecule has 0 radical (unpaired) electrons. The van der Waals surface area contributed by atoms with E-state index in [-0.39, 0.29) is 23.4 Å². The Kier molecular flexibility index (Phi) is 1.84. The van der Waals surface area contributed by atoms with Gasteiger partial charge in [0.1, 0.15) is 5.60 Å². The number of hydrogen-bond donors (Lipinski definition) is 1. The van der Waals surface area contributed by atoms with Crippen molar-refractivity contribution < 1.29 is 14.3 Å². The van der Waals surface area contributed by atoms with Gasteiger partial charge in [0, 0.05) is 17.2 Å². The molecule has 19 heavy (non-hydrogen) atoms. The smallest absolute Gasteiger partial charge is 0.317 e. The molecule has 4 fully saturated rings. The number of carbonyl (C=O) groups is 2. The fraction of sp³-hybridized carbons (Fsp3) is 0.600. The van der Waals surface area contributed by atoms with Crippen LogP contribution in [0.1, 0.15) is 33.1 Å². The highest BCUT2D eigenvalue weighted by atomic mass is 16.6. The summed E-state index contributed by atoms with van der Waals surface area (Å²) in [4.78, 5) is 23.9. The Morgan fingerprint density at radius 3 is 2.89 bits per heavy atom. The third kappa shape index (κ3) is 1.15. The minimum Gasteiger partial charge on any atom is -0.458 e. The lowest BCUT2D eigenvalue weighted by molar-refractivity contribution is -0.151. The zero-order chi connectivity index (χ0) is 13.4. The lowest BCUT2D eigenvalue weighted by atomic mass is 9.44. The average molecular weight is 259 g/mol. The number of carbonyl (C=O) groups excluding carboxylic acids is 2. The highest BCUT2D eigenvalue weighted by molar-refractivity contribution is 5.98. The highest BCUT2D eigenvalue weighted by Gasteiger charge is 2.74. The largest absolute Gasteiger partial charge is 0.458 e. The first-order valence-electron chi connectivity index (χ1n) is 6.92. The van der Waals surface area contributed by atoms with Crippen molar-refractivity contribution in [1.82, 2.24) is 5.32 Å². The number of allylic oxidation sites excluding steroid dienone is 1. The first-order valence-corrected chi connectivity index (χ1v) is 6.92. The zero-order valence-electron chi connectivity index (χ0n) is 11.2. The van der Waals surface area contributed by atoms with Crippen LogP contribution in [0.5, 0.6) is 0 Å². The first kappa shape index (κ1) is 11.3. The van der Waals surface area contributed by atoms with Crippen molar-refractivity contribution in [2.75, 3.05) is 0 Å². The van der Waals surface area contributed by atoms with Crippen LogP contribution in [0.15, 0.2) is 23.4 Å². The quantitative estimate of drug-likeness (QED) is 0.729. The van der Waals surface area contributed by atoms with Crippen LogP contribution in [0.25, 0.3) is 0 Å². The van der Waals surface area contributed by atoms with E-state index in [4.69, 9.17) is 4.74 Å². The number of amides is 1. The highest BCUT2D eigenvalue weighted by Crippen LogP contribution is 2.69. The summed E-state index contributed by atoms with van der Waals surface area (Å²) in [6.07, 6.45) is 6.88. The Bertz CT molecular complexity index is 574. The summed E-state index contributed by atoms with van der Waals surface area (Å²) in [6.45, 7) is 3.84. The number of nitrogens with one attached hydrogen (secondary N) is 1. The molecule has 1 saturated heterocycles. The van der Waals surface area contributed by atoms with Crippen molar-refractivity contribution in [3.05, 3.63) is 23.4 Å². The summed E-state index contributed by atoms with van der Waals surface area (Å²) in [5, 5.41) is 2.82. The molecule has 5 aliphatic rings. The SMILES string of the molecule is CC1=C/C(=C/[C@]23C(=O)O[C@]4(C)CC[C@H]2C[C@H]34)NC1=O. The summed E-state index contributed by atoms with van der Waals surface area (Å²) < 4.78 is 5.68. The summed E-state index contributed by atoms with van der Waals surface area (Å²) in [5.74, 6) is 0.513. The zero-order valence-corrected chi connectivity index (χ0v) is 11.2. The van der Waals surface area contributed by atoms with E-state index in [1.165, 1.54) is 0 Å². The Morgan fingerprint density at radius 2 is 2.26 bits per heavy atom. The average Bonchev–Trinajstić information content (AvgIpc) is 2.67. The predicted octanol–water partition coefficient (Wildman–Crippen LogP) is 1.68. The minimum atomic E-state index is -0.475. The number of ether oxygens (including phenoxy) is 1. The van der Waals surface area contributed by atoms with Gasteiger partial charge in [-0.3, -0.25) is 9.59 Å². The van der Waals surface area contributed by atoms with E-state index in [1.807, 2.05) is 12.2 Å². The number of hydrogen-bond acceptors (Lipinski definition) is 3. The molecule has 2 aliphatic heterocycles. The monoisotopic (exact) mass is 259 g/mol. The molecule has 1 N–H and O–H groups in total. The number of fused-ring (bicyclic) bond motifs is 1. The summed E-state index contributed by atoms with van der Waals surface area (Å²) in [5.41, 5.74) is 0.697. The maximum atomic E-state index is 12.4. The molecule has 0 aromatic carbocycles. The molecule has 4 heteroatoms. The van der Waals surface area contributed by atoms with Crippen LogP contribution in [-0.2, 0) is 14.3 Å². The van der Waals surface area contributed by atoms with E-state index in [2.05, 4.69) is 12.2 Å². The molecule has 0 aromatic rings. The lowest BCUT2D eigenvalue weighted by Gasteiger charge is -2.55. The summed E-state index contributed by atoms with van der Waals surface area (Å²) in [6, 6.07) is 0. The van der Waals surface area contributed by atoms with Crippen LogP contribution in [-0.4, -0.2) is 17.5 Å². The second kappa shape index (κ2) is 3.11. The van der Waals surface area contributed by atoms with Gasteiger partial charge >= 0.3 is 5.97 Å². The first-order chi connectivity index (χ1) is 8.95. The van der Waals surface area contributed by atoms with Gasteiger partial charge in [0.05, 0.1) is 5.41 Å². The van der Waals surface area contributed by atoms with E-state index >= 15 is 0 Å². The Morgan fingerprint density at radius 1 is 1.47 bits per heavy atom. The van der Waals surface area contributed by atoms with Crippen LogP contribution in [0, 0.1) is 17.3 Å². The van der Waals surface area contributed by atoms with E-state index in [1.54, 1.807) is 6.92 Å². The molecule has 4 atom stereocenters. The van der Waals surface area contributed by atoms with E-state index < -0.39 is 5.41 Å². The van der Waals surface area contributed by atoms with Crippen molar-refractivity contribution in [2.24, 2.45) is 17.3 Å². The lowest BCUT2D eigenvalue weighted by Crippen LogP contribution is -2.57. The van der Waals surface area contributed by atoms with Crippen molar-refractivity contribution in [3.63, 3.8) is 0 Å². The van der Waals surface area contributed by atoms with Gasteiger partial charge in [-0.2, -0.15) is 0 Å². The van der Waals surface area contributed by atoms with Crippen LogP contribution in [0.4, 0.5) is 0 Å². The standard InChI is InChI=1S/C15H17NO3/c1-8-5-10(16-12(8)17)7-15-9-3-4-14(2,11(15)6-9)19-13(15)18/h5,7,9,11H,3-4,6H2,1-2H3,(H,16,17)/b10-7-/t9-,11-,14+,15-/m0/s1. The molecule has 0 spiro atoms. The predicted molar refractivity (Wildman–Crippen MR) is 67.7 cm³/mol. The molecular weight excluding hydrogens is 242 g/mol. The van der Waals surface area contributed by atoms with E-state index in [9.17, 15) is 9.59 Å². The molecule has 1 amide bonds. The van der Waals surface area contributed by atoms with Crippen molar-refractivity contribution in [1.29, 1.82) is 0 Å². The van der Waals surface area contributed by atoms with E-state index in [0.29, 0.717) is 11.5 Å². The van der Waals surface area contributed by atoms with Gasteiger partial charge in [-0.1, -0.05) is 0 Å². The Labute approximate surface area is 111 Å². The number of esters is 1. The Hall–Kier alpha value is -1.58. The van der Waals surface area contributed by atoms with E-state index in [0.717, 1.165) is 25.0 Å². The molecule has 3 aliphatic carbocycles. The minimum absolute atomic E-state index is 0.0683. The molecule has 0 aromatic heterocycles. The second-order valence-corrected chi connectivity index (χ2v) is 6.54. The van der Waals surface area contributed by atoms with Gasteiger partial charge < -0.3 is 10.1 Å². The Balaban J connectivity index is 1.78. The fourth-order valence-electron chi connectivity index (χ4n) is 4.45. The third-order valence-electron chi connectivity index (χ3n) is 5.56. The van der Waals surface area contributed by atoms with Gasteiger partial charge in [0.25, 0.3) is 5.91 Å². The van der Waals surface area contributed by atoms with Gasteiger partial charge in [-0.25, -0.2) is 0 Å². The van der Waals surface area contributed by atoms with Crippen LogP contribution < -0.4 is 5.32 Å². The normalized spacial score (nSPS) is 48.7. The second-order valence-electron chi connectivity index (χ2n) is 6.54. The van der Waals surface area contributed by atoms with Crippen LogP contribution in [0.2, 0.25) is 0 Å². The van der Waals surface area contributed by atoms with Gasteiger partial charge in [0.2, 0.25) is 0 Å². The molecule has 5 rings (SSSR count). The van der Waals surface area contributed by atoms with Crippen molar-refractivity contribution >= 4 is 11.9 Å². The van der Waals surface area contributed by atoms with Gasteiger partial charge in [-0.05, 0) is 51.2 Å². The summed E-state index contributed by atoms with van der Waals surface area (Å²) >= 11 is 0. The summed E-state index contributed by atoms with van der Waals surface area (Å²) in [7, 11) is 0. The van der Waals surface area contributed by atoms with Crippen molar-refractivity contribution in [2.45, 2.75) is 38.7 Å². The topological polar surface area (TPSA) is 55.4 Å². The maximum absolute atomic E-state index is 12.4. The molecule has 0 unspecified atom stereocenters. The van der Waals surface area contributed by atoms with Crippen LogP contribution in [0.3, 0.4) is 0 Å². The maximum Gasteiger partial charge on any atom is 0.317 e. The van der Waals surface area contributed by atoms with Gasteiger partial charge in [0.15, 0.2) is 0 Å². The molecule has 2 heterocycles. The molecule has 3 saturated carbocycles. The fourth-order valence-corrected chi connectivity index (χ4v) is 4.45. The van der Waals surface area contributed by atoms with Crippen molar-refractivity contribution in [3.8, 4) is 0 Å². The molecule has 4 nitrogen and oxygen atoms in total. The molecule has 4 bridgehead atoms. The molecular formula is C15H17NO3. The van der Waals surface area contributed by atoms with Crippen LogP contribution >= 0.6 is 0 Å². The number of rotatable bonds is 1. The molecule has 100 valence electrons.